The molecule has 2 aromatic heterocycles. The van der Waals surface area contributed by atoms with Gasteiger partial charge in [0.15, 0.2) is 0 Å². The zero-order valence-electron chi connectivity index (χ0n) is 11.5. The Labute approximate surface area is 122 Å². The van der Waals surface area contributed by atoms with E-state index in [9.17, 15) is 0 Å². The van der Waals surface area contributed by atoms with Gasteiger partial charge in [0.1, 0.15) is 0 Å². The Hall–Kier alpha value is -1.72. The number of hydrogen-bond acceptors (Lipinski definition) is 4. The molecule has 0 atom stereocenters. The van der Waals surface area contributed by atoms with Crippen molar-refractivity contribution < 1.29 is 0 Å². The summed E-state index contributed by atoms with van der Waals surface area (Å²) in [6, 6.07) is 8.19. The van der Waals surface area contributed by atoms with Crippen molar-refractivity contribution >= 4 is 22.2 Å². The van der Waals surface area contributed by atoms with Gasteiger partial charge in [-0.05, 0) is 32.4 Å². The van der Waals surface area contributed by atoms with E-state index in [1.165, 1.54) is 11.1 Å². The molecule has 3 rings (SSSR count). The second kappa shape index (κ2) is 6.15. The summed E-state index contributed by atoms with van der Waals surface area (Å²) in [7, 11) is 0. The van der Waals surface area contributed by atoms with Crippen LogP contribution in [0.3, 0.4) is 0 Å². The third-order valence-electron chi connectivity index (χ3n) is 3.30. The van der Waals surface area contributed by atoms with Crippen LogP contribution in [0, 0.1) is 6.92 Å². The first-order valence-electron chi connectivity index (χ1n) is 6.86. The van der Waals surface area contributed by atoms with Gasteiger partial charge in [-0.2, -0.15) is 5.10 Å². The highest BCUT2D eigenvalue weighted by molar-refractivity contribution is 7.09. The molecule has 0 unspecified atom stereocenters. The molecular weight excluding hydrogens is 268 g/mol. The molecule has 20 heavy (non-hydrogen) atoms. The third kappa shape index (κ3) is 3.05. The van der Waals surface area contributed by atoms with Crippen LogP contribution in [0.2, 0.25) is 0 Å². The van der Waals surface area contributed by atoms with Crippen LogP contribution < -0.4 is 5.32 Å². The van der Waals surface area contributed by atoms with E-state index in [4.69, 9.17) is 0 Å². The number of aromatic nitrogens is 3. The number of thiazole rings is 1. The molecular formula is C15H18N4S. The number of hydrogen-bond donors (Lipinski definition) is 2. The van der Waals surface area contributed by atoms with Crippen molar-refractivity contribution in [3.63, 3.8) is 0 Å². The van der Waals surface area contributed by atoms with E-state index in [1.807, 2.05) is 18.2 Å². The van der Waals surface area contributed by atoms with Crippen molar-refractivity contribution in [1.82, 2.24) is 20.5 Å². The van der Waals surface area contributed by atoms with Gasteiger partial charge in [-0.3, -0.25) is 5.10 Å². The van der Waals surface area contributed by atoms with Crippen molar-refractivity contribution in [2.24, 2.45) is 0 Å². The highest BCUT2D eigenvalue weighted by atomic mass is 32.1. The Morgan fingerprint density at radius 3 is 3.05 bits per heavy atom. The van der Waals surface area contributed by atoms with Gasteiger partial charge in [-0.1, -0.05) is 18.2 Å². The predicted molar refractivity (Wildman–Crippen MR) is 83.0 cm³/mol. The number of H-pyrrole nitrogens is 1. The van der Waals surface area contributed by atoms with Crippen LogP contribution in [0.4, 0.5) is 0 Å². The maximum atomic E-state index is 4.47. The number of aromatic amines is 1. The first kappa shape index (κ1) is 13.3. The molecule has 0 saturated carbocycles. The van der Waals surface area contributed by atoms with Crippen LogP contribution >= 0.6 is 11.3 Å². The molecule has 0 saturated heterocycles. The smallest absolute Gasteiger partial charge is 0.0924 e. The average Bonchev–Trinajstić information content (AvgIpc) is 3.05. The molecule has 4 nitrogen and oxygen atoms in total. The molecule has 104 valence electrons. The van der Waals surface area contributed by atoms with Crippen LogP contribution in [0.1, 0.15) is 22.8 Å². The topological polar surface area (TPSA) is 53.6 Å². The van der Waals surface area contributed by atoms with E-state index >= 15 is 0 Å². The number of nitrogens with zero attached hydrogens (tertiary/aromatic N) is 2. The van der Waals surface area contributed by atoms with Gasteiger partial charge < -0.3 is 5.32 Å². The highest BCUT2D eigenvalue weighted by Gasteiger charge is 2.03. The predicted octanol–water partition coefficient (Wildman–Crippen LogP) is 3.05. The molecule has 0 bridgehead atoms. The summed E-state index contributed by atoms with van der Waals surface area (Å²) >= 11 is 1.72. The minimum absolute atomic E-state index is 0.830. The molecule has 5 heteroatoms. The van der Waals surface area contributed by atoms with Crippen LogP contribution in [0.15, 0.2) is 29.6 Å². The van der Waals surface area contributed by atoms with Gasteiger partial charge in [-0.15, -0.1) is 11.3 Å². The number of para-hydroxylation sites is 1. The molecule has 0 radical (unpaired) electrons. The van der Waals surface area contributed by atoms with Crippen molar-refractivity contribution in [3.8, 4) is 0 Å². The Morgan fingerprint density at radius 2 is 2.20 bits per heavy atom. The second-order valence-electron chi connectivity index (χ2n) is 4.86. The number of aryl methyl sites for hydroxylation is 2. The molecule has 0 spiro atoms. The van der Waals surface area contributed by atoms with Gasteiger partial charge in [0, 0.05) is 17.3 Å². The highest BCUT2D eigenvalue weighted by Crippen LogP contribution is 2.14. The molecule has 0 aliphatic rings. The number of benzene rings is 1. The van der Waals surface area contributed by atoms with Crippen molar-refractivity contribution in [1.29, 1.82) is 0 Å². The van der Waals surface area contributed by atoms with Crippen LogP contribution in [0.5, 0.6) is 0 Å². The van der Waals surface area contributed by atoms with E-state index in [2.05, 4.69) is 38.9 Å². The lowest BCUT2D eigenvalue weighted by Crippen LogP contribution is -2.15. The largest absolute Gasteiger partial charge is 0.311 e. The summed E-state index contributed by atoms with van der Waals surface area (Å²) in [6.45, 7) is 3.87. The molecule has 1 aromatic carbocycles. The van der Waals surface area contributed by atoms with Crippen LogP contribution in [-0.2, 0) is 13.0 Å². The molecule has 2 N–H and O–H groups in total. The Kier molecular flexibility index (Phi) is 4.08. The molecule has 3 aromatic rings. The van der Waals surface area contributed by atoms with E-state index in [1.54, 1.807) is 11.3 Å². The van der Waals surface area contributed by atoms with E-state index < -0.39 is 0 Å². The quantitative estimate of drug-likeness (QED) is 0.685. The molecule has 0 amide bonds. The zero-order chi connectivity index (χ0) is 13.8. The monoisotopic (exact) mass is 286 g/mol. The van der Waals surface area contributed by atoms with Crippen molar-refractivity contribution in [2.75, 3.05) is 6.54 Å². The van der Waals surface area contributed by atoms with Gasteiger partial charge >= 0.3 is 0 Å². The second-order valence-corrected chi connectivity index (χ2v) is 5.92. The zero-order valence-corrected chi connectivity index (χ0v) is 12.3. The molecule has 0 aliphatic heterocycles. The lowest BCUT2D eigenvalue weighted by molar-refractivity contribution is 0.638. The molecule has 2 heterocycles. The van der Waals surface area contributed by atoms with Gasteiger partial charge in [-0.25, -0.2) is 4.98 Å². The Morgan fingerprint density at radius 1 is 1.30 bits per heavy atom. The van der Waals surface area contributed by atoms with Gasteiger partial charge in [0.05, 0.1) is 21.9 Å². The number of fused-ring (bicyclic) bond motifs is 1. The summed E-state index contributed by atoms with van der Waals surface area (Å²) in [5.74, 6) is 0. The van der Waals surface area contributed by atoms with Crippen molar-refractivity contribution in [3.05, 3.63) is 46.0 Å². The van der Waals surface area contributed by atoms with E-state index in [0.29, 0.717) is 0 Å². The normalized spacial score (nSPS) is 11.2. The van der Waals surface area contributed by atoms with E-state index in [0.717, 1.165) is 42.1 Å². The number of nitrogens with one attached hydrogen (secondary N) is 2. The summed E-state index contributed by atoms with van der Waals surface area (Å²) < 4.78 is 0. The number of rotatable bonds is 6. The third-order valence-corrected chi connectivity index (χ3v) is 4.12. The fraction of sp³-hybridized carbons (Fsp3) is 0.333. The van der Waals surface area contributed by atoms with Crippen LogP contribution in [-0.4, -0.2) is 21.7 Å². The fourth-order valence-corrected chi connectivity index (χ4v) is 2.93. The van der Waals surface area contributed by atoms with E-state index in [-0.39, 0.29) is 0 Å². The Bertz CT molecular complexity index is 686. The molecule has 0 aliphatic carbocycles. The van der Waals surface area contributed by atoms with Crippen molar-refractivity contribution in [2.45, 2.75) is 26.3 Å². The summed E-state index contributed by atoms with van der Waals surface area (Å²) in [5.41, 5.74) is 3.40. The minimum Gasteiger partial charge on any atom is -0.311 e. The summed E-state index contributed by atoms with van der Waals surface area (Å²) in [4.78, 5) is 4.47. The van der Waals surface area contributed by atoms with Gasteiger partial charge in [0.25, 0.3) is 0 Å². The first-order valence-corrected chi connectivity index (χ1v) is 7.74. The Balaban J connectivity index is 1.46. The van der Waals surface area contributed by atoms with Gasteiger partial charge in [0.2, 0.25) is 0 Å². The fourth-order valence-electron chi connectivity index (χ4n) is 2.28. The average molecular weight is 286 g/mol. The first-order chi connectivity index (χ1) is 9.83. The van der Waals surface area contributed by atoms with Crippen LogP contribution in [0.25, 0.3) is 10.9 Å². The summed E-state index contributed by atoms with van der Waals surface area (Å²) in [5, 5.41) is 15.4. The maximum absolute atomic E-state index is 4.47. The maximum Gasteiger partial charge on any atom is 0.0924 e. The SMILES string of the molecule is Cc1nc(CCCNCc2[nH]nc3ccccc23)cs1. The lowest BCUT2D eigenvalue weighted by Gasteiger charge is -2.02. The minimum atomic E-state index is 0.830. The standard InChI is InChI=1S/C15H18N4S/c1-11-17-12(10-20-11)5-4-8-16-9-15-13-6-2-3-7-14(13)18-19-15/h2-3,6-7,10,16H,4-5,8-9H2,1H3,(H,18,19). The lowest BCUT2D eigenvalue weighted by atomic mass is 10.2. The molecule has 0 fully saturated rings. The summed E-state index contributed by atoms with van der Waals surface area (Å²) in [6.07, 6.45) is 2.15.